The van der Waals surface area contributed by atoms with E-state index in [9.17, 15) is 43.5 Å². The average Bonchev–Trinajstić information content (AvgIpc) is 1.78. The number of halogens is 2. The van der Waals surface area contributed by atoms with E-state index in [-0.39, 0.29) is 81.0 Å². The molecule has 2 aromatic carbocycles. The van der Waals surface area contributed by atoms with Crippen molar-refractivity contribution in [1.82, 2.24) is 10.6 Å². The number of ether oxygens (including phenoxy) is 6. The summed E-state index contributed by atoms with van der Waals surface area (Å²) in [5, 5.41) is 20.8. The topological polar surface area (TPSA) is 281 Å². The largest absolute Gasteiger partial charge is 0.496 e. The number of allylic oxidation sites excluding steroid dienone is 3. The number of urea groups is 1. The van der Waals surface area contributed by atoms with E-state index < -0.39 is 101 Å². The third-order valence-corrected chi connectivity index (χ3v) is 17.1. The summed E-state index contributed by atoms with van der Waals surface area (Å²) >= 11 is 10.1. The molecule has 22 heteroatoms. The van der Waals surface area contributed by atoms with E-state index in [1.807, 2.05) is 45.9 Å². The predicted molar refractivity (Wildman–Crippen MR) is 322 cm³/mol. The molecule has 0 spiro atoms. The molecule has 0 aliphatic carbocycles. The van der Waals surface area contributed by atoms with Gasteiger partial charge >= 0.3 is 24.1 Å². The molecule has 0 aromatic heterocycles. The lowest BCUT2D eigenvalue weighted by Crippen LogP contribution is -2.53. The number of primary amides is 1. The Morgan fingerprint density at radius 3 is 2.43 bits per heavy atom. The van der Waals surface area contributed by atoms with Gasteiger partial charge in [0.15, 0.2) is 5.78 Å². The predicted octanol–water partition coefficient (Wildman–Crippen LogP) is 9.04. The van der Waals surface area contributed by atoms with Crippen molar-refractivity contribution in [2.75, 3.05) is 43.4 Å². The highest BCUT2D eigenvalue weighted by atomic mass is 79.9. The molecule has 84 heavy (non-hydrogen) atoms. The number of anilines is 2. The van der Waals surface area contributed by atoms with Gasteiger partial charge in [-0.1, -0.05) is 90.8 Å². The summed E-state index contributed by atoms with van der Waals surface area (Å²) in [7, 11) is 4.43. The monoisotopic (exact) mass is 1250 g/mol. The van der Waals surface area contributed by atoms with Crippen LogP contribution >= 0.6 is 27.5 Å². The van der Waals surface area contributed by atoms with Crippen molar-refractivity contribution < 1.29 is 71.9 Å². The Morgan fingerprint density at radius 2 is 1.77 bits per heavy atom. The second-order valence-electron chi connectivity index (χ2n) is 23.6. The number of amides is 5. The molecule has 0 radical (unpaired) electrons. The first-order valence-electron chi connectivity index (χ1n) is 28.5. The lowest BCUT2D eigenvalue weighted by molar-refractivity contribution is -0.187. The quantitative estimate of drug-likeness (QED) is 0.0164. The van der Waals surface area contributed by atoms with Crippen molar-refractivity contribution in [1.29, 1.82) is 0 Å². The minimum absolute atomic E-state index is 0.00677. The lowest BCUT2D eigenvalue weighted by atomic mass is 9.78. The second kappa shape index (κ2) is 30.3. The maximum Gasteiger partial charge on any atom is 0.412 e. The number of benzene rings is 2. The van der Waals surface area contributed by atoms with Gasteiger partial charge in [-0.3, -0.25) is 29.3 Å². The minimum Gasteiger partial charge on any atom is -0.496 e. The Morgan fingerprint density at radius 1 is 1.06 bits per heavy atom. The SMILES string of the molecule is C=C(CBr)C(=O)OC(C)(C)CCCCC(=O)C[C@H](C(=O)N[C@@H](CCCNC(N)=O)C(=O)Cc1ccc(NC(=O)O[C@H]2CC(=O)N(C)c3cc(cc(C)c3Cl)C/C(C)=C/C=C/[C@@H](OC)[C@]3(O)CC(=O)O[C@@H](C3)[C@@H](C)[C@@H]3O[C@@]23C)cc1OC)C(C)C. The fourth-order valence-electron chi connectivity index (χ4n) is 10.8. The van der Waals surface area contributed by atoms with Crippen LogP contribution in [-0.2, 0) is 65.3 Å². The molecule has 462 valence electrons. The molecule has 0 unspecified atom stereocenters. The molecule has 4 bridgehead atoms. The van der Waals surface area contributed by atoms with E-state index in [1.54, 1.807) is 53.0 Å². The number of carbonyl (C=O) groups is 8. The Bertz CT molecular complexity index is 2840. The van der Waals surface area contributed by atoms with Crippen LogP contribution in [0.3, 0.4) is 0 Å². The molecule has 5 rings (SSSR count). The molecule has 0 saturated carbocycles. The molecule has 5 amide bonds. The van der Waals surface area contributed by atoms with Crippen LogP contribution in [0.25, 0.3) is 0 Å². The third-order valence-electron chi connectivity index (χ3n) is 15.9. The van der Waals surface area contributed by atoms with Gasteiger partial charge in [0.1, 0.15) is 46.6 Å². The summed E-state index contributed by atoms with van der Waals surface area (Å²) in [5.41, 5.74) is 5.51. The highest BCUT2D eigenvalue weighted by Gasteiger charge is 2.64. The van der Waals surface area contributed by atoms with E-state index in [2.05, 4.69) is 38.5 Å². The van der Waals surface area contributed by atoms with Crippen molar-refractivity contribution in [2.24, 2.45) is 23.5 Å². The normalized spacial score (nSPS) is 24.4. The van der Waals surface area contributed by atoms with E-state index in [0.717, 1.165) is 16.7 Å². The van der Waals surface area contributed by atoms with Gasteiger partial charge in [-0.25, -0.2) is 14.4 Å². The average molecular weight is 1260 g/mol. The van der Waals surface area contributed by atoms with Crippen LogP contribution in [-0.4, -0.2) is 133 Å². The summed E-state index contributed by atoms with van der Waals surface area (Å²) in [4.78, 5) is 108. The number of rotatable bonds is 24. The Balaban J connectivity index is 1.33. The number of unbranched alkanes of at least 4 members (excludes halogenated alkanes) is 1. The number of epoxide rings is 1. The number of ketones is 2. The van der Waals surface area contributed by atoms with E-state index in [0.29, 0.717) is 52.9 Å². The number of alkyl halides is 1. The minimum atomic E-state index is -1.63. The molecule has 3 heterocycles. The van der Waals surface area contributed by atoms with E-state index in [4.69, 9.17) is 45.8 Å². The van der Waals surface area contributed by atoms with Gasteiger partial charge in [0.2, 0.25) is 11.8 Å². The summed E-state index contributed by atoms with van der Waals surface area (Å²) in [5.74, 6) is -3.96. The third kappa shape index (κ3) is 18.9. The molecule has 3 aliphatic heterocycles. The number of aliphatic hydroxyl groups is 1. The number of fused-ring (bicyclic) bond motifs is 5. The van der Waals surface area contributed by atoms with Gasteiger partial charge in [-0.15, -0.1) is 0 Å². The Hall–Kier alpha value is -6.13. The second-order valence-corrected chi connectivity index (χ2v) is 24.5. The molecule has 20 nitrogen and oxygen atoms in total. The highest BCUT2D eigenvalue weighted by molar-refractivity contribution is 9.09. The number of aryl methyl sites for hydroxylation is 1. The van der Waals surface area contributed by atoms with Crippen LogP contribution in [0, 0.1) is 24.7 Å². The zero-order valence-corrected chi connectivity index (χ0v) is 52.6. The zero-order chi connectivity index (χ0) is 62.4. The number of esters is 2. The standard InChI is InChI=1S/C62H85BrClN5O15/c1-35(2)44(30-43(70)18-13-14-23-60(7,8)84-57(75)38(5)34-63)56(74)68-45(19-16-24-66-58(65)76)47(71)28-41-21-22-42(29-48(41)79-11)67-59(77)82-51-31-52(72)69(10)46-27-40(26-37(4)54(46)64)25-36(3)17-15-20-50(80-12)62(78)32-49(81-53(73)33-62)39(6)55-61(51,9)83-55/h15,17,20-22,26-27,29,35,39,44-45,49-51,55,78H,5,13-14,16,18-19,23-25,28,30-34H2,1-4,6-12H3,(H,67,77)(H,68,74)(H3,65,66,76)/b20-15+,36-17+/t39-,44+,45+,49+,50-,51+,55+,61+,62-/m1/s1. The van der Waals surface area contributed by atoms with Gasteiger partial charge in [0.05, 0.1) is 42.8 Å². The smallest absolute Gasteiger partial charge is 0.412 e. The lowest BCUT2D eigenvalue weighted by Gasteiger charge is -2.41. The van der Waals surface area contributed by atoms with Crippen molar-refractivity contribution in [3.63, 3.8) is 0 Å². The summed E-state index contributed by atoms with van der Waals surface area (Å²) < 4.78 is 35.4. The molecule has 3 aliphatic rings. The van der Waals surface area contributed by atoms with Crippen molar-refractivity contribution in [3.8, 4) is 5.75 Å². The number of nitrogens with two attached hydrogens (primary N) is 1. The zero-order valence-electron chi connectivity index (χ0n) is 50.3. The Kier molecular flexibility index (Phi) is 24.8. The first-order valence-corrected chi connectivity index (χ1v) is 30.0. The van der Waals surface area contributed by atoms with Crippen LogP contribution < -0.4 is 31.3 Å². The van der Waals surface area contributed by atoms with E-state index >= 15 is 0 Å². The maximum absolute atomic E-state index is 14.4. The molecule has 9 atom stereocenters. The van der Waals surface area contributed by atoms with Gasteiger partial charge < -0.3 is 54.8 Å². The molecular formula is C62H85BrClN5O15. The number of Topliss-reactive ketones (excluding diaryl/α,β-unsaturated/α-hetero) is 2. The van der Waals surface area contributed by atoms with Crippen LogP contribution in [0.4, 0.5) is 21.0 Å². The summed E-state index contributed by atoms with van der Waals surface area (Å²) in [6.07, 6.45) is 2.51. The highest BCUT2D eigenvalue weighted by Crippen LogP contribution is 2.50. The Labute approximate surface area is 506 Å². The van der Waals surface area contributed by atoms with Gasteiger partial charge in [0, 0.05) is 86.4 Å². The van der Waals surface area contributed by atoms with Crippen LogP contribution in [0.5, 0.6) is 5.75 Å². The fraction of sp³-hybridized carbons (Fsp3) is 0.581. The summed E-state index contributed by atoms with van der Waals surface area (Å²) in [6, 6.07) is 6.58. The van der Waals surface area contributed by atoms with Gasteiger partial charge in [0.25, 0.3) is 0 Å². The number of carbonyl (C=O) groups excluding carboxylic acids is 8. The molecule has 2 aromatic rings. The molecular weight excluding hydrogens is 1170 g/mol. The van der Waals surface area contributed by atoms with Crippen molar-refractivity contribution in [3.05, 3.63) is 88.0 Å². The van der Waals surface area contributed by atoms with Gasteiger partial charge in [-0.2, -0.15) is 0 Å². The molecule has 2 fully saturated rings. The number of hydrogen-bond donors (Lipinski definition) is 5. The first-order chi connectivity index (χ1) is 39.4. The van der Waals surface area contributed by atoms with Crippen LogP contribution in [0.2, 0.25) is 5.02 Å². The van der Waals surface area contributed by atoms with E-state index in [1.165, 1.54) is 31.3 Å². The number of nitrogens with one attached hydrogen (secondary N) is 3. The maximum atomic E-state index is 14.4. The van der Waals surface area contributed by atoms with Crippen LogP contribution in [0.1, 0.15) is 129 Å². The number of methoxy groups -OCH3 is 2. The molecule has 6 N–H and O–H groups in total. The van der Waals surface area contributed by atoms with Crippen molar-refractivity contribution >= 4 is 86.3 Å². The first kappa shape index (κ1) is 68.6. The van der Waals surface area contributed by atoms with Crippen molar-refractivity contribution in [2.45, 2.75) is 180 Å². The number of hydrogen-bond acceptors (Lipinski definition) is 15. The molecule has 2 saturated heterocycles. The van der Waals surface area contributed by atoms with Gasteiger partial charge in [-0.05, 0) is 102 Å². The summed E-state index contributed by atoms with van der Waals surface area (Å²) in [6.45, 7) is 18.3. The fourth-order valence-corrected chi connectivity index (χ4v) is 11.3. The number of nitrogens with zero attached hydrogens (tertiary/aromatic N) is 1. The van der Waals surface area contributed by atoms with Crippen LogP contribution in [0.15, 0.2) is 66.3 Å².